The molecule has 2 aromatic carbocycles. The molecule has 0 amide bonds. The first-order valence-corrected chi connectivity index (χ1v) is 15.5. The van der Waals surface area contributed by atoms with E-state index in [1.165, 1.54) is 68.9 Å². The van der Waals surface area contributed by atoms with E-state index in [2.05, 4.69) is 74.5 Å². The summed E-state index contributed by atoms with van der Waals surface area (Å²) in [7, 11) is 0. The zero-order valence-electron chi connectivity index (χ0n) is 23.6. The molecule has 9 atom stereocenters. The maximum absolute atomic E-state index is 10.9. The Morgan fingerprint density at radius 3 is 2.18 bits per heavy atom. The van der Waals surface area contributed by atoms with Gasteiger partial charge in [-0.2, -0.15) is 0 Å². The van der Waals surface area contributed by atoms with Gasteiger partial charge in [-0.25, -0.2) is 0 Å². The second-order valence-corrected chi connectivity index (χ2v) is 13.5. The van der Waals surface area contributed by atoms with Crippen molar-refractivity contribution in [2.75, 3.05) is 6.61 Å². The standard InChI is InChI=1S/C35H48O3/c1-25(37-22-26-9-5-3-6-10-26)32-15-16-33-31-14-13-28-21-34(2,38-23-27-11-7-4-8-12-27)19-17-29(28)30(31)18-20-35(32,33)24-36/h3-12,25,28-33,36H,13-24H2,1-2H3/t25?,28-,29+,30-,31-,32-,33+,34-,35+/m1/s1. The summed E-state index contributed by atoms with van der Waals surface area (Å²) in [6.07, 6.45) is 11.6. The molecule has 0 bridgehead atoms. The summed E-state index contributed by atoms with van der Waals surface area (Å²) < 4.78 is 13.1. The summed E-state index contributed by atoms with van der Waals surface area (Å²) in [5.74, 6) is 4.43. The second-order valence-electron chi connectivity index (χ2n) is 13.5. The first kappa shape index (κ1) is 26.5. The summed E-state index contributed by atoms with van der Waals surface area (Å²) in [6.45, 7) is 6.38. The van der Waals surface area contributed by atoms with Gasteiger partial charge in [0.15, 0.2) is 0 Å². The van der Waals surface area contributed by atoms with E-state index in [-0.39, 0.29) is 17.1 Å². The molecule has 4 aliphatic rings. The van der Waals surface area contributed by atoms with Crippen LogP contribution in [0.4, 0.5) is 0 Å². The lowest BCUT2D eigenvalue weighted by molar-refractivity contribution is -0.145. The van der Waals surface area contributed by atoms with Crippen LogP contribution in [0, 0.1) is 40.9 Å². The lowest BCUT2D eigenvalue weighted by Gasteiger charge is -2.58. The third-order valence-corrected chi connectivity index (χ3v) is 11.6. The normalized spacial score (nSPS) is 39.1. The van der Waals surface area contributed by atoms with Crippen molar-refractivity contribution in [1.82, 2.24) is 0 Å². The highest BCUT2D eigenvalue weighted by atomic mass is 16.5. The van der Waals surface area contributed by atoms with E-state index >= 15 is 0 Å². The number of aliphatic hydroxyl groups excluding tert-OH is 1. The molecule has 0 radical (unpaired) electrons. The van der Waals surface area contributed by atoms with Crippen LogP contribution in [0.3, 0.4) is 0 Å². The first-order valence-electron chi connectivity index (χ1n) is 15.5. The highest BCUT2D eigenvalue weighted by Gasteiger charge is 2.60. The summed E-state index contributed by atoms with van der Waals surface area (Å²) in [4.78, 5) is 0. The molecule has 0 heterocycles. The molecule has 0 aromatic heterocycles. The van der Waals surface area contributed by atoms with Crippen molar-refractivity contribution in [3.05, 3.63) is 71.8 Å². The van der Waals surface area contributed by atoms with Gasteiger partial charge in [-0.05, 0) is 118 Å². The Hall–Kier alpha value is -1.68. The van der Waals surface area contributed by atoms with Gasteiger partial charge in [0.05, 0.1) is 24.9 Å². The van der Waals surface area contributed by atoms with Crippen LogP contribution >= 0.6 is 0 Å². The van der Waals surface area contributed by atoms with Gasteiger partial charge in [0, 0.05) is 12.0 Å². The van der Waals surface area contributed by atoms with Crippen LogP contribution in [0.1, 0.15) is 82.8 Å². The van der Waals surface area contributed by atoms with Crippen LogP contribution in [0.5, 0.6) is 0 Å². The summed E-state index contributed by atoms with van der Waals surface area (Å²) >= 11 is 0. The van der Waals surface area contributed by atoms with Gasteiger partial charge in [-0.1, -0.05) is 60.7 Å². The van der Waals surface area contributed by atoms with E-state index in [0.29, 0.717) is 25.0 Å². The molecule has 0 saturated heterocycles. The number of ether oxygens (including phenoxy) is 2. The van der Waals surface area contributed by atoms with Crippen LogP contribution in [-0.2, 0) is 22.7 Å². The van der Waals surface area contributed by atoms with E-state index < -0.39 is 0 Å². The fourth-order valence-corrected chi connectivity index (χ4v) is 9.81. The van der Waals surface area contributed by atoms with Crippen molar-refractivity contribution >= 4 is 0 Å². The Balaban J connectivity index is 1.09. The molecule has 4 aliphatic carbocycles. The van der Waals surface area contributed by atoms with Crippen molar-refractivity contribution in [3.8, 4) is 0 Å². The number of rotatable bonds is 8. The second kappa shape index (κ2) is 11.1. The summed E-state index contributed by atoms with van der Waals surface area (Å²) in [6, 6.07) is 21.2. The number of benzene rings is 2. The lowest BCUT2D eigenvalue weighted by atomic mass is 9.48. The summed E-state index contributed by atoms with van der Waals surface area (Å²) in [5, 5.41) is 10.9. The Labute approximate surface area is 230 Å². The van der Waals surface area contributed by atoms with Crippen molar-refractivity contribution in [2.24, 2.45) is 40.9 Å². The van der Waals surface area contributed by atoms with E-state index in [4.69, 9.17) is 9.47 Å². The fraction of sp³-hybridized carbons (Fsp3) is 0.657. The van der Waals surface area contributed by atoms with E-state index in [1.54, 1.807) is 0 Å². The largest absolute Gasteiger partial charge is 0.396 e. The molecule has 6 rings (SSSR count). The third-order valence-electron chi connectivity index (χ3n) is 11.6. The minimum Gasteiger partial charge on any atom is -0.396 e. The van der Waals surface area contributed by atoms with E-state index in [9.17, 15) is 5.11 Å². The van der Waals surface area contributed by atoms with Crippen molar-refractivity contribution in [2.45, 2.75) is 96.6 Å². The van der Waals surface area contributed by atoms with Gasteiger partial charge in [0.1, 0.15) is 0 Å². The fourth-order valence-electron chi connectivity index (χ4n) is 9.81. The molecule has 0 aliphatic heterocycles. The van der Waals surface area contributed by atoms with Gasteiger partial charge in [-0.3, -0.25) is 0 Å². The predicted molar refractivity (Wildman–Crippen MR) is 152 cm³/mol. The van der Waals surface area contributed by atoms with Crippen LogP contribution in [0.15, 0.2) is 60.7 Å². The zero-order valence-corrected chi connectivity index (χ0v) is 23.6. The summed E-state index contributed by atoms with van der Waals surface area (Å²) in [5.41, 5.74) is 2.60. The molecule has 1 N–H and O–H groups in total. The van der Waals surface area contributed by atoms with Crippen LogP contribution in [0.25, 0.3) is 0 Å². The highest BCUT2D eigenvalue weighted by Crippen LogP contribution is 2.65. The van der Waals surface area contributed by atoms with Crippen LogP contribution < -0.4 is 0 Å². The average molecular weight is 517 g/mol. The minimum atomic E-state index is 0.0113. The number of hydrogen-bond acceptors (Lipinski definition) is 3. The van der Waals surface area contributed by atoms with Gasteiger partial charge in [-0.15, -0.1) is 0 Å². The molecule has 2 aromatic rings. The Morgan fingerprint density at radius 2 is 1.47 bits per heavy atom. The Kier molecular flexibility index (Phi) is 7.73. The predicted octanol–water partition coefficient (Wildman–Crippen LogP) is 7.81. The molecular formula is C35H48O3. The maximum Gasteiger partial charge on any atom is 0.0724 e. The smallest absolute Gasteiger partial charge is 0.0724 e. The molecule has 3 nitrogen and oxygen atoms in total. The van der Waals surface area contributed by atoms with Gasteiger partial charge in [0.25, 0.3) is 0 Å². The van der Waals surface area contributed by atoms with Crippen molar-refractivity contribution in [3.63, 3.8) is 0 Å². The molecule has 38 heavy (non-hydrogen) atoms. The minimum absolute atomic E-state index is 0.0113. The molecule has 206 valence electrons. The van der Waals surface area contributed by atoms with Crippen LogP contribution in [-0.4, -0.2) is 23.4 Å². The van der Waals surface area contributed by atoms with E-state index in [0.717, 1.165) is 30.3 Å². The Bertz CT molecular complexity index is 1040. The van der Waals surface area contributed by atoms with Crippen molar-refractivity contribution < 1.29 is 14.6 Å². The SMILES string of the molecule is CC(OCc1ccccc1)[C@H]1CC[C@H]2[C@@H]3CC[C@@H]4C[C@](C)(OCc5ccccc5)CC[C@@H]4[C@H]3CC[C@]12CO. The molecule has 1 unspecified atom stereocenters. The molecule has 4 fully saturated rings. The molecule has 4 saturated carbocycles. The molecule has 0 spiro atoms. The van der Waals surface area contributed by atoms with Crippen molar-refractivity contribution in [1.29, 1.82) is 0 Å². The number of fused-ring (bicyclic) bond motifs is 5. The quantitative estimate of drug-likeness (QED) is 0.389. The maximum atomic E-state index is 10.9. The molecule has 3 heteroatoms. The van der Waals surface area contributed by atoms with Gasteiger partial charge in [0.2, 0.25) is 0 Å². The zero-order chi connectivity index (χ0) is 26.2. The highest BCUT2D eigenvalue weighted by molar-refractivity contribution is 5.15. The first-order chi connectivity index (χ1) is 18.5. The number of aliphatic hydroxyl groups is 1. The van der Waals surface area contributed by atoms with Gasteiger partial charge < -0.3 is 14.6 Å². The molecular weight excluding hydrogens is 468 g/mol. The van der Waals surface area contributed by atoms with Gasteiger partial charge >= 0.3 is 0 Å². The van der Waals surface area contributed by atoms with E-state index in [1.807, 2.05) is 0 Å². The average Bonchev–Trinajstić information content (AvgIpc) is 3.36. The topological polar surface area (TPSA) is 38.7 Å². The lowest BCUT2D eigenvalue weighted by Crippen LogP contribution is -2.53. The Morgan fingerprint density at radius 1 is 0.789 bits per heavy atom. The van der Waals surface area contributed by atoms with Crippen LogP contribution in [0.2, 0.25) is 0 Å². The third kappa shape index (κ3) is 5.00. The number of hydrogen-bond donors (Lipinski definition) is 1. The monoisotopic (exact) mass is 516 g/mol.